The van der Waals surface area contributed by atoms with Crippen LogP contribution in [0.2, 0.25) is 0 Å². The maximum Gasteiger partial charge on any atom is 0.222 e. The molecule has 0 spiro atoms. The number of amides is 1. The average molecular weight is 319 g/mol. The fourth-order valence-corrected chi connectivity index (χ4v) is 2.91. The molecule has 5 heteroatoms. The molecule has 0 fully saturated rings. The lowest BCUT2D eigenvalue weighted by Gasteiger charge is -2.20. The summed E-state index contributed by atoms with van der Waals surface area (Å²) in [6, 6.07) is 11.5. The molecule has 1 aromatic heterocycles. The van der Waals surface area contributed by atoms with E-state index in [0.29, 0.717) is 19.4 Å². The van der Waals surface area contributed by atoms with Crippen LogP contribution in [-0.2, 0) is 11.2 Å². The van der Waals surface area contributed by atoms with Crippen LogP contribution in [0.25, 0.3) is 0 Å². The molecule has 118 valence electrons. The third-order valence-electron chi connectivity index (χ3n) is 3.51. The number of nitrogens with zero attached hydrogens (tertiary/aromatic N) is 1. The molecule has 1 aromatic carbocycles. The number of carbonyl (C=O) groups is 1. The van der Waals surface area contributed by atoms with Gasteiger partial charge in [-0.2, -0.15) is 0 Å². The Kier molecular flexibility index (Phi) is 5.98. The summed E-state index contributed by atoms with van der Waals surface area (Å²) in [6.07, 6.45) is 0.460. The van der Waals surface area contributed by atoms with Crippen molar-refractivity contribution in [1.29, 1.82) is 0 Å². The number of aliphatic hydroxyl groups excluding tert-OH is 1. The SMILES string of the molecule is COc1cccc(CCC(=O)N(C)CC(O)c2cccs2)c1. The Bertz CT molecular complexity index is 598. The molecule has 22 heavy (non-hydrogen) atoms. The summed E-state index contributed by atoms with van der Waals surface area (Å²) < 4.78 is 5.18. The number of carbonyl (C=O) groups excluding carboxylic acids is 1. The number of aryl methyl sites for hydroxylation is 1. The zero-order valence-corrected chi connectivity index (χ0v) is 13.7. The molecule has 0 radical (unpaired) electrons. The van der Waals surface area contributed by atoms with Gasteiger partial charge in [-0.1, -0.05) is 18.2 Å². The maximum absolute atomic E-state index is 12.2. The van der Waals surface area contributed by atoms with Crippen LogP contribution in [-0.4, -0.2) is 36.6 Å². The van der Waals surface area contributed by atoms with E-state index in [4.69, 9.17) is 4.74 Å². The van der Waals surface area contributed by atoms with E-state index in [9.17, 15) is 9.90 Å². The van der Waals surface area contributed by atoms with Gasteiger partial charge in [-0.3, -0.25) is 4.79 Å². The molecule has 0 aliphatic heterocycles. The van der Waals surface area contributed by atoms with Gasteiger partial charge in [0.2, 0.25) is 5.91 Å². The number of rotatable bonds is 7. The van der Waals surface area contributed by atoms with Gasteiger partial charge in [-0.25, -0.2) is 0 Å². The monoisotopic (exact) mass is 319 g/mol. The van der Waals surface area contributed by atoms with Gasteiger partial charge in [0, 0.05) is 18.3 Å². The lowest BCUT2D eigenvalue weighted by molar-refractivity contribution is -0.131. The molecule has 2 rings (SSSR count). The molecule has 2 aromatic rings. The maximum atomic E-state index is 12.2. The first-order valence-corrected chi connectivity index (χ1v) is 8.06. The molecule has 0 bridgehead atoms. The first-order valence-electron chi connectivity index (χ1n) is 7.18. The second-order valence-corrected chi connectivity index (χ2v) is 6.14. The number of benzene rings is 1. The predicted octanol–water partition coefficient (Wildman–Crippen LogP) is 2.88. The molecule has 0 saturated carbocycles. The van der Waals surface area contributed by atoms with Crippen molar-refractivity contribution < 1.29 is 14.6 Å². The zero-order chi connectivity index (χ0) is 15.9. The quantitative estimate of drug-likeness (QED) is 0.854. The van der Waals surface area contributed by atoms with Gasteiger partial charge in [0.15, 0.2) is 0 Å². The van der Waals surface area contributed by atoms with Crippen LogP contribution in [0.4, 0.5) is 0 Å². The van der Waals surface area contributed by atoms with Crippen molar-refractivity contribution in [1.82, 2.24) is 4.90 Å². The van der Waals surface area contributed by atoms with E-state index in [0.717, 1.165) is 16.2 Å². The standard InChI is InChI=1S/C17H21NO3S/c1-18(12-15(19)16-7-4-10-22-16)17(20)9-8-13-5-3-6-14(11-13)21-2/h3-7,10-11,15,19H,8-9,12H2,1-2H3. The van der Waals surface area contributed by atoms with Crippen LogP contribution in [0.15, 0.2) is 41.8 Å². The number of likely N-dealkylation sites (N-methyl/N-ethyl adjacent to an activating group) is 1. The summed E-state index contributed by atoms with van der Waals surface area (Å²) >= 11 is 1.50. The minimum absolute atomic E-state index is 0.0263. The highest BCUT2D eigenvalue weighted by atomic mass is 32.1. The molecule has 0 aliphatic carbocycles. The summed E-state index contributed by atoms with van der Waals surface area (Å²) in [4.78, 5) is 14.6. The van der Waals surface area contributed by atoms with Gasteiger partial charge in [-0.15, -0.1) is 11.3 Å². The second kappa shape index (κ2) is 7.96. The Labute approximate surface area is 135 Å². The molecule has 4 nitrogen and oxygen atoms in total. The molecular formula is C17H21NO3S. The van der Waals surface area contributed by atoms with Crippen LogP contribution >= 0.6 is 11.3 Å². The van der Waals surface area contributed by atoms with E-state index >= 15 is 0 Å². The minimum atomic E-state index is -0.620. The van der Waals surface area contributed by atoms with E-state index < -0.39 is 6.10 Å². The van der Waals surface area contributed by atoms with Gasteiger partial charge in [0.1, 0.15) is 11.9 Å². The largest absolute Gasteiger partial charge is 0.497 e. The van der Waals surface area contributed by atoms with Gasteiger partial charge in [-0.05, 0) is 35.6 Å². The number of aliphatic hydroxyl groups is 1. The summed E-state index contributed by atoms with van der Waals surface area (Å²) in [5.41, 5.74) is 1.07. The Morgan fingerprint density at radius 3 is 2.86 bits per heavy atom. The van der Waals surface area contributed by atoms with Crippen molar-refractivity contribution in [2.75, 3.05) is 20.7 Å². The number of hydrogen-bond donors (Lipinski definition) is 1. The van der Waals surface area contributed by atoms with Crippen LogP contribution in [0.5, 0.6) is 5.75 Å². The smallest absolute Gasteiger partial charge is 0.222 e. The Morgan fingerprint density at radius 2 is 2.18 bits per heavy atom. The lowest BCUT2D eigenvalue weighted by Crippen LogP contribution is -2.31. The highest BCUT2D eigenvalue weighted by Gasteiger charge is 2.15. The predicted molar refractivity (Wildman–Crippen MR) is 88.2 cm³/mol. The van der Waals surface area contributed by atoms with Crippen LogP contribution < -0.4 is 4.74 Å². The third kappa shape index (κ3) is 4.58. The van der Waals surface area contributed by atoms with Crippen molar-refractivity contribution >= 4 is 17.2 Å². The van der Waals surface area contributed by atoms with Gasteiger partial charge < -0.3 is 14.7 Å². The zero-order valence-electron chi connectivity index (χ0n) is 12.9. The average Bonchev–Trinajstić information content (AvgIpc) is 3.07. The third-order valence-corrected chi connectivity index (χ3v) is 4.48. The Hall–Kier alpha value is -1.85. The highest BCUT2D eigenvalue weighted by molar-refractivity contribution is 7.10. The van der Waals surface area contributed by atoms with Crippen LogP contribution in [0.1, 0.15) is 23.0 Å². The van der Waals surface area contributed by atoms with E-state index in [1.165, 1.54) is 11.3 Å². The minimum Gasteiger partial charge on any atom is -0.497 e. The van der Waals surface area contributed by atoms with Gasteiger partial charge in [0.25, 0.3) is 0 Å². The fraction of sp³-hybridized carbons (Fsp3) is 0.353. The second-order valence-electron chi connectivity index (χ2n) is 5.16. The molecule has 1 N–H and O–H groups in total. The van der Waals surface area contributed by atoms with Crippen molar-refractivity contribution in [3.8, 4) is 5.75 Å². The van der Waals surface area contributed by atoms with E-state index in [-0.39, 0.29) is 5.91 Å². The summed E-state index contributed by atoms with van der Waals surface area (Å²) in [5.74, 6) is 0.824. The fourth-order valence-electron chi connectivity index (χ4n) is 2.20. The molecule has 0 aliphatic rings. The molecule has 1 unspecified atom stereocenters. The topological polar surface area (TPSA) is 49.8 Å². The number of ether oxygens (including phenoxy) is 1. The van der Waals surface area contributed by atoms with Crippen molar-refractivity contribution in [3.05, 3.63) is 52.2 Å². The first-order chi connectivity index (χ1) is 10.6. The lowest BCUT2D eigenvalue weighted by atomic mass is 10.1. The number of methoxy groups -OCH3 is 1. The first kappa shape index (κ1) is 16.5. The summed E-state index contributed by atoms with van der Waals surface area (Å²) in [5, 5.41) is 12.0. The van der Waals surface area contributed by atoms with Crippen molar-refractivity contribution in [3.63, 3.8) is 0 Å². The van der Waals surface area contributed by atoms with E-state index in [1.807, 2.05) is 41.8 Å². The number of hydrogen-bond acceptors (Lipinski definition) is 4. The van der Waals surface area contributed by atoms with Gasteiger partial charge in [0.05, 0.1) is 13.7 Å². The molecule has 1 heterocycles. The summed E-state index contributed by atoms with van der Waals surface area (Å²) in [7, 11) is 3.36. The van der Waals surface area contributed by atoms with Crippen LogP contribution in [0, 0.1) is 0 Å². The normalized spacial score (nSPS) is 12.0. The molecule has 0 saturated heterocycles. The summed E-state index contributed by atoms with van der Waals surface area (Å²) in [6.45, 7) is 0.317. The van der Waals surface area contributed by atoms with Crippen LogP contribution in [0.3, 0.4) is 0 Å². The number of thiophene rings is 1. The highest BCUT2D eigenvalue weighted by Crippen LogP contribution is 2.20. The van der Waals surface area contributed by atoms with E-state index in [1.54, 1.807) is 19.1 Å². The van der Waals surface area contributed by atoms with E-state index in [2.05, 4.69) is 0 Å². The Balaban J connectivity index is 1.83. The van der Waals surface area contributed by atoms with Gasteiger partial charge >= 0.3 is 0 Å². The molecular weight excluding hydrogens is 298 g/mol. The van der Waals surface area contributed by atoms with Crippen molar-refractivity contribution in [2.24, 2.45) is 0 Å². The molecule has 1 amide bonds. The molecule has 1 atom stereocenters. The Morgan fingerprint density at radius 1 is 1.36 bits per heavy atom. The van der Waals surface area contributed by atoms with Crippen molar-refractivity contribution in [2.45, 2.75) is 18.9 Å².